The van der Waals surface area contributed by atoms with Crippen molar-refractivity contribution in [2.24, 2.45) is 11.5 Å². The van der Waals surface area contributed by atoms with Crippen molar-refractivity contribution in [2.45, 2.75) is 19.4 Å². The smallest absolute Gasteiger partial charge is 0.241 e. The molecule has 0 aliphatic rings. The predicted octanol–water partition coefficient (Wildman–Crippen LogP) is 0.227. The van der Waals surface area contributed by atoms with Crippen LogP contribution >= 0.6 is 0 Å². The van der Waals surface area contributed by atoms with Crippen LogP contribution in [-0.4, -0.2) is 24.5 Å². The second kappa shape index (κ2) is 6.61. The van der Waals surface area contributed by atoms with Crippen molar-refractivity contribution in [3.8, 4) is 5.75 Å². The Balaban J connectivity index is 2.56. The van der Waals surface area contributed by atoms with Gasteiger partial charge in [0.2, 0.25) is 11.8 Å². The second-order valence-corrected chi connectivity index (χ2v) is 3.72. The fourth-order valence-corrected chi connectivity index (χ4v) is 1.35. The molecule has 5 N–H and O–H groups in total. The van der Waals surface area contributed by atoms with E-state index < -0.39 is 17.9 Å². The molecule has 0 aromatic heterocycles. The highest BCUT2D eigenvalue weighted by Crippen LogP contribution is 2.15. The topological polar surface area (TPSA) is 107 Å². The van der Waals surface area contributed by atoms with Crippen molar-refractivity contribution in [2.75, 3.05) is 11.9 Å². The van der Waals surface area contributed by atoms with Crippen molar-refractivity contribution >= 4 is 17.5 Å². The highest BCUT2D eigenvalue weighted by molar-refractivity contribution is 5.97. The zero-order valence-corrected chi connectivity index (χ0v) is 10.2. The molecule has 1 aromatic carbocycles. The van der Waals surface area contributed by atoms with Crippen LogP contribution in [0, 0.1) is 0 Å². The molecule has 2 amide bonds. The number of benzene rings is 1. The predicted molar refractivity (Wildman–Crippen MR) is 68.0 cm³/mol. The van der Waals surface area contributed by atoms with Gasteiger partial charge in [0, 0.05) is 5.69 Å². The maximum Gasteiger partial charge on any atom is 0.241 e. The minimum atomic E-state index is -0.936. The first kappa shape index (κ1) is 14.0. The van der Waals surface area contributed by atoms with Gasteiger partial charge in [-0.15, -0.1) is 0 Å². The molecule has 0 heterocycles. The minimum Gasteiger partial charge on any atom is -0.494 e. The largest absolute Gasteiger partial charge is 0.494 e. The molecule has 98 valence electrons. The molecule has 1 aromatic rings. The zero-order chi connectivity index (χ0) is 13.5. The molecule has 0 aliphatic carbocycles. The monoisotopic (exact) mass is 251 g/mol. The fourth-order valence-electron chi connectivity index (χ4n) is 1.35. The van der Waals surface area contributed by atoms with E-state index in [4.69, 9.17) is 16.2 Å². The molecule has 0 radical (unpaired) electrons. The van der Waals surface area contributed by atoms with Gasteiger partial charge in [-0.1, -0.05) is 0 Å². The maximum absolute atomic E-state index is 11.6. The Hall–Kier alpha value is -2.08. The lowest BCUT2D eigenvalue weighted by Crippen LogP contribution is -2.38. The Morgan fingerprint density at radius 2 is 1.94 bits per heavy atom. The number of nitrogens with two attached hydrogens (primary N) is 2. The van der Waals surface area contributed by atoms with Gasteiger partial charge in [-0.2, -0.15) is 0 Å². The molecule has 1 unspecified atom stereocenters. The van der Waals surface area contributed by atoms with Gasteiger partial charge in [-0.25, -0.2) is 0 Å². The second-order valence-electron chi connectivity index (χ2n) is 3.72. The molecular formula is C12H17N3O3. The van der Waals surface area contributed by atoms with Crippen molar-refractivity contribution in [1.29, 1.82) is 0 Å². The maximum atomic E-state index is 11.6. The summed E-state index contributed by atoms with van der Waals surface area (Å²) in [6, 6.07) is 5.92. The molecular weight excluding hydrogens is 234 g/mol. The van der Waals surface area contributed by atoms with Gasteiger partial charge >= 0.3 is 0 Å². The van der Waals surface area contributed by atoms with E-state index in [-0.39, 0.29) is 6.42 Å². The first-order chi connectivity index (χ1) is 8.52. The Labute approximate surface area is 105 Å². The lowest BCUT2D eigenvalue weighted by molar-refractivity contribution is -0.123. The molecule has 0 fully saturated rings. The molecule has 0 spiro atoms. The molecule has 0 saturated carbocycles. The Morgan fingerprint density at radius 3 is 2.44 bits per heavy atom. The average Bonchev–Trinajstić information content (AvgIpc) is 2.31. The summed E-state index contributed by atoms with van der Waals surface area (Å²) in [5.74, 6) is -0.334. The first-order valence-electron chi connectivity index (χ1n) is 5.60. The minimum absolute atomic E-state index is 0.178. The summed E-state index contributed by atoms with van der Waals surface area (Å²) in [5, 5.41) is 2.59. The van der Waals surface area contributed by atoms with E-state index in [0.29, 0.717) is 12.3 Å². The zero-order valence-electron chi connectivity index (χ0n) is 10.2. The summed E-state index contributed by atoms with van der Waals surface area (Å²) < 4.78 is 5.27. The third kappa shape index (κ3) is 4.42. The summed E-state index contributed by atoms with van der Waals surface area (Å²) in [4.78, 5) is 22.2. The van der Waals surface area contributed by atoms with Gasteiger partial charge in [0.05, 0.1) is 19.1 Å². The van der Waals surface area contributed by atoms with Gasteiger partial charge in [0.25, 0.3) is 0 Å². The van der Waals surface area contributed by atoms with Crippen molar-refractivity contribution < 1.29 is 14.3 Å². The SMILES string of the molecule is CCOc1ccc(NC(=O)C(N)CC(N)=O)cc1. The summed E-state index contributed by atoms with van der Waals surface area (Å²) in [5.41, 5.74) is 11.1. The lowest BCUT2D eigenvalue weighted by atomic mass is 10.2. The van der Waals surface area contributed by atoms with Crippen LogP contribution in [0.25, 0.3) is 0 Å². The quantitative estimate of drug-likeness (QED) is 0.672. The standard InChI is InChI=1S/C12H17N3O3/c1-2-18-9-5-3-8(4-6-9)15-12(17)10(13)7-11(14)16/h3-6,10H,2,7,13H2,1H3,(H2,14,16)(H,15,17). The molecule has 6 nitrogen and oxygen atoms in total. The van der Waals surface area contributed by atoms with Crippen LogP contribution in [0.15, 0.2) is 24.3 Å². The van der Waals surface area contributed by atoms with Gasteiger partial charge < -0.3 is 21.5 Å². The number of hydrogen-bond acceptors (Lipinski definition) is 4. The highest BCUT2D eigenvalue weighted by Gasteiger charge is 2.15. The van der Waals surface area contributed by atoms with Gasteiger partial charge in [-0.05, 0) is 31.2 Å². The van der Waals surface area contributed by atoms with Crippen LogP contribution in [0.2, 0.25) is 0 Å². The van der Waals surface area contributed by atoms with Crippen molar-refractivity contribution in [1.82, 2.24) is 0 Å². The van der Waals surface area contributed by atoms with Crippen LogP contribution in [0.1, 0.15) is 13.3 Å². The van der Waals surface area contributed by atoms with Crippen LogP contribution in [0.5, 0.6) is 5.75 Å². The number of anilines is 1. The van der Waals surface area contributed by atoms with E-state index in [2.05, 4.69) is 5.32 Å². The third-order valence-electron chi connectivity index (χ3n) is 2.19. The van der Waals surface area contributed by atoms with Gasteiger partial charge in [0.1, 0.15) is 5.75 Å². The number of hydrogen-bond donors (Lipinski definition) is 3. The molecule has 1 rings (SSSR count). The van der Waals surface area contributed by atoms with Crippen LogP contribution < -0.4 is 21.5 Å². The normalized spacial score (nSPS) is 11.7. The Bertz CT molecular complexity index is 417. The molecule has 0 saturated heterocycles. The van der Waals surface area contributed by atoms with E-state index in [9.17, 15) is 9.59 Å². The van der Waals surface area contributed by atoms with Gasteiger partial charge in [0.15, 0.2) is 0 Å². The summed E-state index contributed by atoms with van der Waals surface area (Å²) in [7, 11) is 0. The molecule has 18 heavy (non-hydrogen) atoms. The number of carbonyl (C=O) groups is 2. The number of amides is 2. The molecule has 0 aliphatic heterocycles. The van der Waals surface area contributed by atoms with Crippen molar-refractivity contribution in [3.05, 3.63) is 24.3 Å². The van der Waals surface area contributed by atoms with E-state index >= 15 is 0 Å². The Kier molecular flexibility index (Phi) is 5.13. The number of primary amides is 1. The molecule has 6 heteroatoms. The van der Waals surface area contributed by atoms with E-state index in [0.717, 1.165) is 5.75 Å². The van der Waals surface area contributed by atoms with E-state index in [1.165, 1.54) is 0 Å². The van der Waals surface area contributed by atoms with Crippen molar-refractivity contribution in [3.63, 3.8) is 0 Å². The summed E-state index contributed by atoms with van der Waals surface area (Å²) in [6.45, 7) is 2.47. The number of rotatable bonds is 6. The van der Waals surface area contributed by atoms with E-state index in [1.54, 1.807) is 24.3 Å². The van der Waals surface area contributed by atoms with Crippen LogP contribution in [0.3, 0.4) is 0 Å². The highest BCUT2D eigenvalue weighted by atomic mass is 16.5. The number of carbonyl (C=O) groups excluding carboxylic acids is 2. The fraction of sp³-hybridized carbons (Fsp3) is 0.333. The van der Waals surface area contributed by atoms with Crippen LogP contribution in [-0.2, 0) is 9.59 Å². The molecule has 0 bridgehead atoms. The average molecular weight is 251 g/mol. The number of nitrogens with one attached hydrogen (secondary N) is 1. The summed E-state index contributed by atoms with van der Waals surface area (Å²) in [6.07, 6.45) is -0.178. The van der Waals surface area contributed by atoms with Gasteiger partial charge in [-0.3, -0.25) is 9.59 Å². The summed E-state index contributed by atoms with van der Waals surface area (Å²) >= 11 is 0. The van der Waals surface area contributed by atoms with Crippen LogP contribution in [0.4, 0.5) is 5.69 Å². The molecule has 1 atom stereocenters. The Morgan fingerprint density at radius 1 is 1.33 bits per heavy atom. The van der Waals surface area contributed by atoms with E-state index in [1.807, 2.05) is 6.92 Å². The number of ether oxygens (including phenoxy) is 1. The lowest BCUT2D eigenvalue weighted by Gasteiger charge is -2.11. The first-order valence-corrected chi connectivity index (χ1v) is 5.60. The third-order valence-corrected chi connectivity index (χ3v) is 2.19.